The second kappa shape index (κ2) is 15.9. The summed E-state index contributed by atoms with van der Waals surface area (Å²) in [6.07, 6.45) is 6.70. The number of hydrogen-bond acceptors (Lipinski definition) is 1. The van der Waals surface area contributed by atoms with Crippen LogP contribution >= 0.6 is 0 Å². The fourth-order valence-corrected chi connectivity index (χ4v) is 0.282. The lowest BCUT2D eigenvalue weighted by Gasteiger charge is -1.81. The highest BCUT2D eigenvalue weighted by atomic mass is 14.9. The van der Waals surface area contributed by atoms with E-state index in [1.54, 1.807) is 19.6 Å². The molecule has 3 nitrogen and oxygen atoms in total. The van der Waals surface area contributed by atoms with E-state index in [1.165, 1.54) is 6.34 Å². The fraction of sp³-hybridized carbons (Fsp3) is 0.500. The number of allylic oxidation sites excluding steroid dienone is 1. The van der Waals surface area contributed by atoms with E-state index in [9.17, 15) is 0 Å². The van der Waals surface area contributed by atoms with Crippen molar-refractivity contribution >= 4 is 12.7 Å². The number of nitrogens with one attached hydrogen (secondary N) is 1. The van der Waals surface area contributed by atoms with Crippen molar-refractivity contribution < 1.29 is 0 Å². The standard InChI is InChI=1S/C6H11N3.C2H6/c1-3-4-8-6-9-5-7-2;1-2/h3-6H,1-2H3,(H,7,8,9);1-2H3/b4-3+;. The molecule has 0 aliphatic heterocycles. The SMILES string of the molecule is C/C=C/NC=NC=NC.CC. The molecule has 11 heavy (non-hydrogen) atoms. The Bertz CT molecular complexity index is 125. The van der Waals surface area contributed by atoms with Crippen molar-refractivity contribution in [3.05, 3.63) is 12.3 Å². The number of nitrogens with zero attached hydrogens (tertiary/aromatic N) is 2. The summed E-state index contributed by atoms with van der Waals surface area (Å²) in [7, 11) is 1.67. The molecule has 0 aliphatic carbocycles. The highest BCUT2D eigenvalue weighted by molar-refractivity contribution is 5.71. The van der Waals surface area contributed by atoms with Gasteiger partial charge in [0, 0.05) is 7.05 Å². The van der Waals surface area contributed by atoms with E-state index in [0.29, 0.717) is 0 Å². The van der Waals surface area contributed by atoms with Crippen LogP contribution in [0.25, 0.3) is 0 Å². The molecule has 0 aromatic rings. The molecule has 0 amide bonds. The first-order chi connectivity index (χ1) is 5.41. The molecule has 0 heterocycles. The molecule has 0 aromatic heterocycles. The molecule has 0 bridgehead atoms. The Balaban J connectivity index is 0. The Morgan fingerprint density at radius 1 is 1.27 bits per heavy atom. The molecular formula is C8H17N3. The van der Waals surface area contributed by atoms with Gasteiger partial charge in [0.2, 0.25) is 0 Å². The van der Waals surface area contributed by atoms with Crippen LogP contribution in [0.5, 0.6) is 0 Å². The van der Waals surface area contributed by atoms with Crippen LogP contribution in [-0.2, 0) is 0 Å². The quantitative estimate of drug-likeness (QED) is 0.490. The van der Waals surface area contributed by atoms with Gasteiger partial charge in [-0.15, -0.1) is 0 Å². The van der Waals surface area contributed by atoms with E-state index in [-0.39, 0.29) is 0 Å². The zero-order valence-electron chi connectivity index (χ0n) is 7.70. The monoisotopic (exact) mass is 155 g/mol. The van der Waals surface area contributed by atoms with Gasteiger partial charge < -0.3 is 5.32 Å². The van der Waals surface area contributed by atoms with Crippen LogP contribution in [0.15, 0.2) is 22.3 Å². The highest BCUT2D eigenvalue weighted by Crippen LogP contribution is 1.59. The third-order valence-corrected chi connectivity index (χ3v) is 0.594. The van der Waals surface area contributed by atoms with Gasteiger partial charge in [-0.25, -0.2) is 4.99 Å². The molecule has 0 unspecified atom stereocenters. The third-order valence-electron chi connectivity index (χ3n) is 0.594. The predicted octanol–water partition coefficient (Wildman–Crippen LogP) is 1.82. The van der Waals surface area contributed by atoms with Crippen LogP contribution in [0.4, 0.5) is 0 Å². The molecule has 0 saturated carbocycles. The van der Waals surface area contributed by atoms with Crippen LogP contribution in [0.3, 0.4) is 0 Å². The van der Waals surface area contributed by atoms with Crippen LogP contribution in [0, 0.1) is 0 Å². The van der Waals surface area contributed by atoms with Crippen LogP contribution in [-0.4, -0.2) is 19.7 Å². The molecular weight excluding hydrogens is 138 g/mol. The summed E-state index contributed by atoms with van der Waals surface area (Å²) < 4.78 is 0. The first kappa shape index (κ1) is 12.5. The predicted molar refractivity (Wildman–Crippen MR) is 52.2 cm³/mol. The van der Waals surface area contributed by atoms with Gasteiger partial charge in [-0.05, 0) is 13.1 Å². The van der Waals surface area contributed by atoms with E-state index in [2.05, 4.69) is 15.3 Å². The smallest absolute Gasteiger partial charge is 0.111 e. The van der Waals surface area contributed by atoms with Crippen LogP contribution in [0.1, 0.15) is 20.8 Å². The Kier molecular flexibility index (Phi) is 18.2. The van der Waals surface area contributed by atoms with Crippen LogP contribution in [0.2, 0.25) is 0 Å². The maximum atomic E-state index is 3.75. The van der Waals surface area contributed by atoms with E-state index in [0.717, 1.165) is 0 Å². The normalized spacial score (nSPS) is 10.5. The topological polar surface area (TPSA) is 36.8 Å². The van der Waals surface area contributed by atoms with Crippen molar-refractivity contribution in [3.63, 3.8) is 0 Å². The third kappa shape index (κ3) is 17.7. The minimum atomic E-state index is 1.47. The summed E-state index contributed by atoms with van der Waals surface area (Å²) in [5.74, 6) is 0. The first-order valence-electron chi connectivity index (χ1n) is 3.71. The van der Waals surface area contributed by atoms with Crippen molar-refractivity contribution in [1.29, 1.82) is 0 Å². The van der Waals surface area contributed by atoms with Crippen molar-refractivity contribution in [2.45, 2.75) is 20.8 Å². The zero-order chi connectivity index (χ0) is 8.95. The van der Waals surface area contributed by atoms with Crippen molar-refractivity contribution in [3.8, 4) is 0 Å². The maximum Gasteiger partial charge on any atom is 0.111 e. The molecule has 0 spiro atoms. The summed E-state index contributed by atoms with van der Waals surface area (Å²) in [6.45, 7) is 5.93. The average Bonchev–Trinajstić information content (AvgIpc) is 2.08. The molecule has 0 atom stereocenters. The molecule has 1 N–H and O–H groups in total. The van der Waals surface area contributed by atoms with Gasteiger partial charge in [-0.3, -0.25) is 4.99 Å². The number of aliphatic imine (C=N–C) groups is 2. The lowest BCUT2D eigenvalue weighted by molar-refractivity contribution is 1.30. The molecule has 0 radical (unpaired) electrons. The summed E-state index contributed by atoms with van der Waals surface area (Å²) in [4.78, 5) is 7.39. The number of hydrogen-bond donors (Lipinski definition) is 1. The lowest BCUT2D eigenvalue weighted by atomic mass is 10.7. The van der Waals surface area contributed by atoms with Crippen molar-refractivity contribution in [1.82, 2.24) is 5.32 Å². The minimum Gasteiger partial charge on any atom is -0.353 e. The highest BCUT2D eigenvalue weighted by Gasteiger charge is 1.60. The molecule has 0 aromatic carbocycles. The van der Waals surface area contributed by atoms with E-state index in [4.69, 9.17) is 0 Å². The molecule has 64 valence electrons. The van der Waals surface area contributed by atoms with Gasteiger partial charge in [-0.2, -0.15) is 0 Å². The molecule has 0 aliphatic rings. The molecule has 0 saturated heterocycles. The van der Waals surface area contributed by atoms with E-state index in [1.807, 2.05) is 26.8 Å². The van der Waals surface area contributed by atoms with Gasteiger partial charge in [0.15, 0.2) is 0 Å². The molecule has 0 fully saturated rings. The molecule has 0 rings (SSSR count). The van der Waals surface area contributed by atoms with E-state index < -0.39 is 0 Å². The second-order valence-corrected chi connectivity index (χ2v) is 1.32. The lowest BCUT2D eigenvalue weighted by Crippen LogP contribution is -1.99. The second-order valence-electron chi connectivity index (χ2n) is 1.32. The van der Waals surface area contributed by atoms with E-state index >= 15 is 0 Å². The Labute approximate surface area is 69.0 Å². The van der Waals surface area contributed by atoms with Crippen LogP contribution < -0.4 is 5.32 Å². The van der Waals surface area contributed by atoms with Gasteiger partial charge in [-0.1, -0.05) is 19.9 Å². The molecule has 3 heteroatoms. The summed E-state index contributed by atoms with van der Waals surface area (Å²) in [6, 6.07) is 0. The fourth-order valence-electron chi connectivity index (χ4n) is 0.282. The largest absolute Gasteiger partial charge is 0.353 e. The minimum absolute atomic E-state index is 1.47. The Hall–Kier alpha value is -1.12. The Morgan fingerprint density at radius 2 is 1.91 bits per heavy atom. The van der Waals surface area contributed by atoms with Gasteiger partial charge in [0.25, 0.3) is 0 Å². The van der Waals surface area contributed by atoms with Gasteiger partial charge in [0.05, 0.1) is 6.34 Å². The van der Waals surface area contributed by atoms with Crippen molar-refractivity contribution in [2.75, 3.05) is 7.05 Å². The maximum absolute atomic E-state index is 3.75. The average molecular weight is 155 g/mol. The van der Waals surface area contributed by atoms with Crippen molar-refractivity contribution in [2.24, 2.45) is 9.98 Å². The first-order valence-corrected chi connectivity index (χ1v) is 3.71. The Morgan fingerprint density at radius 3 is 2.36 bits per heavy atom. The summed E-state index contributed by atoms with van der Waals surface area (Å²) in [5, 5.41) is 2.81. The van der Waals surface area contributed by atoms with Gasteiger partial charge in [0.1, 0.15) is 6.34 Å². The summed E-state index contributed by atoms with van der Waals surface area (Å²) in [5.41, 5.74) is 0. The zero-order valence-corrected chi connectivity index (χ0v) is 7.70. The number of rotatable bonds is 3. The summed E-state index contributed by atoms with van der Waals surface area (Å²) >= 11 is 0. The van der Waals surface area contributed by atoms with Gasteiger partial charge >= 0.3 is 0 Å².